The van der Waals surface area contributed by atoms with Gasteiger partial charge in [-0.15, -0.1) is 0 Å². The van der Waals surface area contributed by atoms with Gasteiger partial charge in [0.1, 0.15) is 5.75 Å². The van der Waals surface area contributed by atoms with Crippen LogP contribution in [0, 0.1) is 6.92 Å². The Kier molecular flexibility index (Phi) is 4.22. The molecule has 0 aromatic heterocycles. The summed E-state index contributed by atoms with van der Waals surface area (Å²) in [6.45, 7) is 1.88. The highest BCUT2D eigenvalue weighted by Gasteiger charge is 2.12. The first-order valence-corrected chi connectivity index (χ1v) is 8.78. The second-order valence-electron chi connectivity index (χ2n) is 5.39. The third-order valence-electron chi connectivity index (χ3n) is 3.64. The number of fused-ring (bicyclic) bond motifs is 1. The largest absolute Gasteiger partial charge is 0.507 e. The standard InChI is InChI=1S/C18H16N2O3S/c1-13-6-10-16(11-7-13)24(22,23)20-19-12-15-9-8-14-4-2-3-5-17(14)18(15)21/h2-12,20-21H,1H3/b19-12+. The van der Waals surface area contributed by atoms with E-state index in [4.69, 9.17) is 0 Å². The first-order valence-electron chi connectivity index (χ1n) is 7.30. The van der Waals surface area contributed by atoms with Crippen LogP contribution in [0.2, 0.25) is 0 Å². The topological polar surface area (TPSA) is 78.8 Å². The minimum Gasteiger partial charge on any atom is -0.507 e. The molecule has 0 saturated carbocycles. The first-order chi connectivity index (χ1) is 11.5. The van der Waals surface area contributed by atoms with Gasteiger partial charge in [0.05, 0.1) is 11.1 Å². The van der Waals surface area contributed by atoms with E-state index in [0.29, 0.717) is 10.9 Å². The summed E-state index contributed by atoms with van der Waals surface area (Å²) in [5.41, 5.74) is 1.40. The molecule has 122 valence electrons. The molecule has 3 aromatic rings. The molecule has 0 atom stereocenters. The van der Waals surface area contributed by atoms with Crippen LogP contribution in [0.15, 0.2) is 70.7 Å². The summed E-state index contributed by atoms with van der Waals surface area (Å²) in [5.74, 6) is 0.0615. The number of nitrogens with one attached hydrogen (secondary N) is 1. The van der Waals surface area contributed by atoms with Crippen molar-refractivity contribution < 1.29 is 13.5 Å². The zero-order chi connectivity index (χ0) is 17.2. The Morgan fingerprint density at radius 2 is 1.71 bits per heavy atom. The zero-order valence-corrected chi connectivity index (χ0v) is 13.8. The Hall–Kier alpha value is -2.86. The van der Waals surface area contributed by atoms with Crippen molar-refractivity contribution in [3.05, 3.63) is 71.8 Å². The Bertz CT molecular complexity index is 1010. The molecule has 3 aromatic carbocycles. The van der Waals surface area contributed by atoms with Crippen LogP contribution < -0.4 is 4.83 Å². The highest BCUT2D eigenvalue weighted by molar-refractivity contribution is 7.89. The number of phenols is 1. The van der Waals surface area contributed by atoms with Crippen molar-refractivity contribution in [3.8, 4) is 5.75 Å². The summed E-state index contributed by atoms with van der Waals surface area (Å²) in [4.78, 5) is 2.28. The molecule has 0 fully saturated rings. The molecule has 0 radical (unpaired) electrons. The summed E-state index contributed by atoms with van der Waals surface area (Å²) < 4.78 is 24.3. The van der Waals surface area contributed by atoms with E-state index >= 15 is 0 Å². The molecule has 6 heteroatoms. The summed E-state index contributed by atoms with van der Waals surface area (Å²) in [7, 11) is -3.73. The number of aromatic hydroxyl groups is 1. The van der Waals surface area contributed by atoms with Crippen LogP contribution in [0.25, 0.3) is 10.8 Å². The number of sulfonamides is 1. The van der Waals surface area contributed by atoms with Crippen LogP contribution in [0.4, 0.5) is 0 Å². The van der Waals surface area contributed by atoms with E-state index in [2.05, 4.69) is 9.93 Å². The second kappa shape index (κ2) is 6.33. The molecule has 3 rings (SSSR count). The van der Waals surface area contributed by atoms with Crippen LogP contribution in [0.3, 0.4) is 0 Å². The SMILES string of the molecule is Cc1ccc(S(=O)(=O)N/N=C/c2ccc3ccccc3c2O)cc1. The van der Waals surface area contributed by atoms with Gasteiger partial charge in [0.15, 0.2) is 0 Å². The van der Waals surface area contributed by atoms with Crippen molar-refractivity contribution >= 4 is 27.0 Å². The van der Waals surface area contributed by atoms with Gasteiger partial charge in [-0.3, -0.25) is 0 Å². The number of aryl methyl sites for hydroxylation is 1. The number of phenolic OH excluding ortho intramolecular Hbond substituents is 1. The van der Waals surface area contributed by atoms with E-state index in [1.165, 1.54) is 18.3 Å². The quantitative estimate of drug-likeness (QED) is 0.565. The monoisotopic (exact) mass is 340 g/mol. The Labute approximate surface area is 140 Å². The van der Waals surface area contributed by atoms with Crippen LogP contribution in [-0.4, -0.2) is 19.7 Å². The molecule has 0 aliphatic rings. The van der Waals surface area contributed by atoms with Gasteiger partial charge in [-0.05, 0) is 30.5 Å². The van der Waals surface area contributed by atoms with Crippen molar-refractivity contribution in [2.75, 3.05) is 0 Å². The van der Waals surface area contributed by atoms with Crippen LogP contribution in [0.1, 0.15) is 11.1 Å². The average molecular weight is 340 g/mol. The lowest BCUT2D eigenvalue weighted by Gasteiger charge is -2.05. The molecule has 0 saturated heterocycles. The molecule has 0 spiro atoms. The lowest BCUT2D eigenvalue weighted by molar-refractivity contribution is 0.481. The van der Waals surface area contributed by atoms with E-state index in [-0.39, 0.29) is 10.6 Å². The van der Waals surface area contributed by atoms with Gasteiger partial charge in [0.2, 0.25) is 0 Å². The highest BCUT2D eigenvalue weighted by atomic mass is 32.2. The van der Waals surface area contributed by atoms with Crippen molar-refractivity contribution in [2.45, 2.75) is 11.8 Å². The molecule has 0 heterocycles. The van der Waals surface area contributed by atoms with E-state index in [1.54, 1.807) is 24.3 Å². The lowest BCUT2D eigenvalue weighted by atomic mass is 10.1. The minimum absolute atomic E-state index is 0.0615. The van der Waals surface area contributed by atoms with Crippen LogP contribution >= 0.6 is 0 Å². The van der Waals surface area contributed by atoms with Gasteiger partial charge in [-0.1, -0.05) is 48.0 Å². The zero-order valence-electron chi connectivity index (χ0n) is 13.0. The number of rotatable bonds is 4. The molecule has 0 bridgehead atoms. The molecular formula is C18H16N2O3S. The van der Waals surface area contributed by atoms with Crippen LogP contribution in [-0.2, 0) is 10.0 Å². The van der Waals surface area contributed by atoms with Gasteiger partial charge in [-0.2, -0.15) is 13.5 Å². The fourth-order valence-electron chi connectivity index (χ4n) is 2.31. The molecule has 0 aliphatic carbocycles. The summed E-state index contributed by atoms with van der Waals surface area (Å²) in [6, 6.07) is 17.4. The molecule has 2 N–H and O–H groups in total. The fourth-order valence-corrected chi connectivity index (χ4v) is 3.10. The number of hydrazone groups is 1. The maximum absolute atomic E-state index is 12.1. The van der Waals surface area contributed by atoms with Gasteiger partial charge in [0.25, 0.3) is 10.0 Å². The Morgan fingerprint density at radius 1 is 1.00 bits per heavy atom. The second-order valence-corrected chi connectivity index (χ2v) is 7.05. The molecule has 0 aliphatic heterocycles. The van der Waals surface area contributed by atoms with Crippen molar-refractivity contribution in [2.24, 2.45) is 5.10 Å². The predicted molar refractivity (Wildman–Crippen MR) is 94.7 cm³/mol. The number of hydrogen-bond donors (Lipinski definition) is 2. The third-order valence-corrected chi connectivity index (χ3v) is 4.88. The van der Waals surface area contributed by atoms with Gasteiger partial charge in [0, 0.05) is 10.9 Å². The summed E-state index contributed by atoms with van der Waals surface area (Å²) in [5, 5.41) is 15.6. The number of nitrogens with zero attached hydrogens (tertiary/aromatic N) is 1. The molecule has 24 heavy (non-hydrogen) atoms. The molecule has 0 unspecified atom stereocenters. The normalized spacial score (nSPS) is 11.9. The number of benzene rings is 3. The smallest absolute Gasteiger partial charge is 0.276 e. The highest BCUT2D eigenvalue weighted by Crippen LogP contribution is 2.27. The van der Waals surface area contributed by atoms with Gasteiger partial charge < -0.3 is 5.11 Å². The molecule has 0 amide bonds. The summed E-state index contributed by atoms with van der Waals surface area (Å²) >= 11 is 0. The Morgan fingerprint density at radius 3 is 2.46 bits per heavy atom. The van der Waals surface area contributed by atoms with Crippen molar-refractivity contribution in [1.29, 1.82) is 0 Å². The van der Waals surface area contributed by atoms with Gasteiger partial charge >= 0.3 is 0 Å². The maximum Gasteiger partial charge on any atom is 0.276 e. The average Bonchev–Trinajstić information content (AvgIpc) is 2.57. The Balaban J connectivity index is 1.84. The van der Waals surface area contributed by atoms with E-state index in [0.717, 1.165) is 10.9 Å². The van der Waals surface area contributed by atoms with E-state index < -0.39 is 10.0 Å². The van der Waals surface area contributed by atoms with E-state index in [9.17, 15) is 13.5 Å². The van der Waals surface area contributed by atoms with E-state index in [1.807, 2.05) is 31.2 Å². The maximum atomic E-state index is 12.1. The molecule has 5 nitrogen and oxygen atoms in total. The first kappa shape index (κ1) is 16.0. The summed E-state index contributed by atoms with van der Waals surface area (Å²) in [6.07, 6.45) is 1.29. The van der Waals surface area contributed by atoms with Gasteiger partial charge in [-0.25, -0.2) is 4.83 Å². The van der Waals surface area contributed by atoms with Crippen molar-refractivity contribution in [1.82, 2.24) is 4.83 Å². The fraction of sp³-hybridized carbons (Fsp3) is 0.0556. The number of hydrogen-bond acceptors (Lipinski definition) is 4. The minimum atomic E-state index is -3.73. The molecular weight excluding hydrogens is 324 g/mol. The van der Waals surface area contributed by atoms with Crippen LogP contribution in [0.5, 0.6) is 5.75 Å². The third kappa shape index (κ3) is 3.23. The predicted octanol–water partition coefficient (Wildman–Crippen LogP) is 3.17. The van der Waals surface area contributed by atoms with Crippen molar-refractivity contribution in [3.63, 3.8) is 0 Å². The lowest BCUT2D eigenvalue weighted by Crippen LogP contribution is -2.18.